The van der Waals surface area contributed by atoms with Crippen molar-refractivity contribution in [1.82, 2.24) is 24.4 Å². The second-order valence-electron chi connectivity index (χ2n) is 8.92. The largest absolute Gasteiger partial charge is 0.495 e. The van der Waals surface area contributed by atoms with Crippen molar-refractivity contribution in [2.75, 3.05) is 26.1 Å². The maximum atomic E-state index is 10.7. The molecular formula is C28H28N6O3. The van der Waals surface area contributed by atoms with Gasteiger partial charge >= 0.3 is 5.97 Å². The molecule has 0 spiro atoms. The van der Waals surface area contributed by atoms with Gasteiger partial charge in [0.15, 0.2) is 11.5 Å². The van der Waals surface area contributed by atoms with E-state index in [0.717, 1.165) is 62.3 Å². The van der Waals surface area contributed by atoms with Crippen LogP contribution < -0.4 is 14.9 Å². The van der Waals surface area contributed by atoms with Crippen molar-refractivity contribution >= 4 is 51.3 Å². The zero-order valence-corrected chi connectivity index (χ0v) is 21.4. The van der Waals surface area contributed by atoms with Crippen molar-refractivity contribution in [3.63, 3.8) is 0 Å². The minimum absolute atomic E-state index is 0.512. The average Bonchev–Trinajstić information content (AvgIpc) is 3.51. The molecule has 0 amide bonds. The predicted octanol–water partition coefficient (Wildman–Crippen LogP) is 3.84. The highest BCUT2D eigenvalue weighted by Crippen LogP contribution is 2.39. The summed E-state index contributed by atoms with van der Waals surface area (Å²) in [6.07, 6.45) is 7.79. The fourth-order valence-corrected chi connectivity index (χ4v) is 4.75. The summed E-state index contributed by atoms with van der Waals surface area (Å²) in [4.78, 5) is 12.8. The Morgan fingerprint density at radius 1 is 1.14 bits per heavy atom. The smallest absolute Gasteiger partial charge is 0.328 e. The third kappa shape index (κ3) is 4.08. The van der Waals surface area contributed by atoms with Crippen molar-refractivity contribution in [1.29, 1.82) is 0 Å². The third-order valence-electron chi connectivity index (χ3n) is 6.47. The highest BCUT2D eigenvalue weighted by Gasteiger charge is 2.18. The highest BCUT2D eigenvalue weighted by molar-refractivity contribution is 6.13. The molecule has 3 aromatic heterocycles. The number of benzene rings is 2. The lowest BCUT2D eigenvalue weighted by atomic mass is 10.1. The van der Waals surface area contributed by atoms with Gasteiger partial charge in [0.25, 0.3) is 0 Å². The van der Waals surface area contributed by atoms with Gasteiger partial charge < -0.3 is 19.3 Å². The molecule has 5 rings (SSSR count). The molecule has 0 unspecified atom stereocenters. The van der Waals surface area contributed by atoms with E-state index in [0.29, 0.717) is 11.5 Å². The molecule has 9 heteroatoms. The Kier molecular flexibility index (Phi) is 6.12. The van der Waals surface area contributed by atoms with Crippen LogP contribution in [0.15, 0.2) is 48.6 Å². The topological polar surface area (TPSA) is 97.8 Å². The number of nitrogens with zero attached hydrogens (tertiary/aromatic N) is 6. The molecule has 188 valence electrons. The Bertz CT molecular complexity index is 1770. The van der Waals surface area contributed by atoms with Gasteiger partial charge in [0.05, 0.1) is 23.7 Å². The summed E-state index contributed by atoms with van der Waals surface area (Å²) >= 11 is 0. The first-order valence-corrected chi connectivity index (χ1v) is 12.0. The van der Waals surface area contributed by atoms with E-state index in [1.165, 1.54) is 6.08 Å². The number of anilines is 1. The molecule has 1 N–H and O–H groups in total. The third-order valence-corrected chi connectivity index (χ3v) is 6.47. The van der Waals surface area contributed by atoms with Gasteiger partial charge in [0.2, 0.25) is 0 Å². The van der Waals surface area contributed by atoms with E-state index in [9.17, 15) is 4.79 Å². The number of ether oxygens (including phenoxy) is 1. The Balaban J connectivity index is 1.71. The van der Waals surface area contributed by atoms with Crippen molar-refractivity contribution in [2.45, 2.75) is 20.4 Å². The fraction of sp³-hybridized carbons (Fsp3) is 0.214. The van der Waals surface area contributed by atoms with Gasteiger partial charge in [-0.25, -0.2) is 4.79 Å². The Hall–Kier alpha value is -4.66. The summed E-state index contributed by atoms with van der Waals surface area (Å²) in [5.74, 6) is 0.293. The number of methoxy groups -OCH3 is 1. The number of aliphatic carboxylic acids is 1. The molecule has 37 heavy (non-hydrogen) atoms. The predicted molar refractivity (Wildman–Crippen MR) is 146 cm³/mol. The number of carboxylic acids is 1. The van der Waals surface area contributed by atoms with E-state index >= 15 is 0 Å². The fourth-order valence-electron chi connectivity index (χ4n) is 4.75. The first-order chi connectivity index (χ1) is 17.8. The Morgan fingerprint density at radius 3 is 2.62 bits per heavy atom. The summed E-state index contributed by atoms with van der Waals surface area (Å²) in [5.41, 5.74) is 5.75. The van der Waals surface area contributed by atoms with E-state index in [2.05, 4.69) is 62.0 Å². The number of carboxylic acid groups (broad SMARTS) is 1. The number of carbonyl (C=O) groups is 1. The number of allylic oxidation sites excluding steroid dienone is 2. The number of aryl methyl sites for hydroxylation is 2. The molecule has 0 atom stereocenters. The molecule has 0 aliphatic rings. The SMILES string of the molecule is CCn1c2ccc(N(C)C)cc2c2c(OC)c(/C=c3\c(C)nn4c(/C=C/C=C/C(=O)O)nnc34)ccc21. The second-order valence-corrected chi connectivity index (χ2v) is 8.92. The Labute approximate surface area is 213 Å². The van der Waals surface area contributed by atoms with E-state index in [1.807, 2.05) is 27.1 Å². The van der Waals surface area contributed by atoms with Gasteiger partial charge in [-0.2, -0.15) is 9.61 Å². The normalized spacial score (nSPS) is 12.7. The lowest BCUT2D eigenvalue weighted by molar-refractivity contribution is -0.131. The van der Waals surface area contributed by atoms with Gasteiger partial charge in [-0.1, -0.05) is 12.2 Å². The molecule has 9 nitrogen and oxygen atoms in total. The van der Waals surface area contributed by atoms with Crippen molar-refractivity contribution in [2.24, 2.45) is 0 Å². The highest BCUT2D eigenvalue weighted by atomic mass is 16.5. The molecule has 3 heterocycles. The van der Waals surface area contributed by atoms with Crippen LogP contribution in [-0.4, -0.2) is 56.7 Å². The van der Waals surface area contributed by atoms with Crippen LogP contribution >= 0.6 is 0 Å². The second kappa shape index (κ2) is 9.42. The lowest BCUT2D eigenvalue weighted by Crippen LogP contribution is -2.08. The van der Waals surface area contributed by atoms with Crippen LogP contribution in [0.5, 0.6) is 5.75 Å². The molecule has 0 bridgehead atoms. The van der Waals surface area contributed by atoms with Gasteiger partial charge in [0, 0.05) is 54.1 Å². The molecular weight excluding hydrogens is 468 g/mol. The molecule has 2 aromatic carbocycles. The van der Waals surface area contributed by atoms with Gasteiger partial charge in [-0.3, -0.25) is 0 Å². The monoisotopic (exact) mass is 496 g/mol. The van der Waals surface area contributed by atoms with Gasteiger partial charge in [-0.15, -0.1) is 10.2 Å². The number of rotatable bonds is 7. The van der Waals surface area contributed by atoms with E-state index < -0.39 is 5.97 Å². The summed E-state index contributed by atoms with van der Waals surface area (Å²) < 4.78 is 9.99. The summed E-state index contributed by atoms with van der Waals surface area (Å²) in [6.45, 7) is 4.92. The van der Waals surface area contributed by atoms with Crippen LogP contribution in [0.4, 0.5) is 5.69 Å². The summed E-state index contributed by atoms with van der Waals surface area (Å²) in [6, 6.07) is 10.7. The lowest BCUT2D eigenvalue weighted by Gasteiger charge is -2.12. The first-order valence-electron chi connectivity index (χ1n) is 12.0. The molecule has 5 aromatic rings. The van der Waals surface area contributed by atoms with E-state index in [1.54, 1.807) is 23.8 Å². The molecule has 0 saturated carbocycles. The zero-order valence-electron chi connectivity index (χ0n) is 21.4. The maximum Gasteiger partial charge on any atom is 0.328 e. The van der Waals surface area contributed by atoms with E-state index in [-0.39, 0.29) is 0 Å². The summed E-state index contributed by atoms with van der Waals surface area (Å²) in [5, 5.41) is 25.0. The molecule has 0 radical (unpaired) electrons. The van der Waals surface area contributed by atoms with Crippen LogP contribution in [0.3, 0.4) is 0 Å². The van der Waals surface area contributed by atoms with Crippen molar-refractivity contribution < 1.29 is 14.6 Å². The van der Waals surface area contributed by atoms with Crippen LogP contribution in [0.25, 0.3) is 39.6 Å². The quantitative estimate of drug-likeness (QED) is 0.270. The Morgan fingerprint density at radius 2 is 1.92 bits per heavy atom. The number of fused-ring (bicyclic) bond motifs is 4. The number of hydrogen-bond donors (Lipinski definition) is 1. The van der Waals surface area contributed by atoms with E-state index in [4.69, 9.17) is 9.84 Å². The van der Waals surface area contributed by atoms with Crippen molar-refractivity contribution in [3.8, 4) is 5.75 Å². The zero-order chi connectivity index (χ0) is 26.3. The van der Waals surface area contributed by atoms with Crippen LogP contribution in [0.1, 0.15) is 24.0 Å². The first kappa shape index (κ1) is 24.1. The molecule has 0 aliphatic heterocycles. The number of aromatic nitrogens is 5. The molecule has 0 saturated heterocycles. The standard InChI is InChI=1S/C28H28N6O3/c1-6-33-22-14-12-19(32(3)4)16-21(22)26-23(33)13-11-18(27(26)37-5)15-20-17(2)31-34-24(29-30-28(20)34)9-7-8-10-25(35)36/h7-16H,6H2,1-5H3,(H,35,36)/b9-7+,10-8+,20-15+. The van der Waals surface area contributed by atoms with Crippen LogP contribution in [-0.2, 0) is 11.3 Å². The number of hydrogen-bond acceptors (Lipinski definition) is 6. The minimum Gasteiger partial charge on any atom is -0.495 e. The van der Waals surface area contributed by atoms with Crippen LogP contribution in [0.2, 0.25) is 0 Å². The molecule has 0 aliphatic carbocycles. The maximum absolute atomic E-state index is 10.7. The van der Waals surface area contributed by atoms with Crippen molar-refractivity contribution in [3.05, 3.63) is 70.9 Å². The van der Waals surface area contributed by atoms with Crippen LogP contribution in [0, 0.1) is 6.92 Å². The summed E-state index contributed by atoms with van der Waals surface area (Å²) in [7, 11) is 5.78. The minimum atomic E-state index is -1.01. The average molecular weight is 497 g/mol. The van der Waals surface area contributed by atoms with Gasteiger partial charge in [-0.05, 0) is 56.3 Å². The molecule has 0 fully saturated rings. The van der Waals surface area contributed by atoms with Gasteiger partial charge in [0.1, 0.15) is 5.75 Å².